The maximum Gasteiger partial charge on any atom is 0.237 e. The summed E-state index contributed by atoms with van der Waals surface area (Å²) in [6.45, 7) is 4.45. The number of rotatable bonds is 3. The summed E-state index contributed by atoms with van der Waals surface area (Å²) in [7, 11) is 0. The Morgan fingerprint density at radius 3 is 2.70 bits per heavy atom. The Labute approximate surface area is 126 Å². The van der Waals surface area contributed by atoms with Gasteiger partial charge in [0.1, 0.15) is 0 Å². The zero-order valence-corrected chi connectivity index (χ0v) is 13.0. The van der Waals surface area contributed by atoms with Crippen molar-refractivity contribution in [3.8, 4) is 0 Å². The van der Waals surface area contributed by atoms with Crippen molar-refractivity contribution in [1.82, 2.24) is 0 Å². The number of nitrogens with zero attached hydrogens (tertiary/aromatic N) is 4. The molecule has 1 atom stereocenters. The first-order chi connectivity index (χ1) is 9.52. The fourth-order valence-electron chi connectivity index (χ4n) is 2.28. The van der Waals surface area contributed by atoms with Crippen molar-refractivity contribution in [1.29, 1.82) is 0 Å². The molecule has 1 aliphatic heterocycles. The van der Waals surface area contributed by atoms with Gasteiger partial charge in [-0.15, -0.1) is 0 Å². The number of amides is 1. The fourth-order valence-corrected chi connectivity index (χ4v) is 2.93. The average Bonchev–Trinajstić information content (AvgIpc) is 2.70. The minimum Gasteiger partial charge on any atom is -0.308 e. The molecule has 0 aromatic heterocycles. The molecular weight excluding hydrogens is 320 g/mol. The average molecular weight is 335 g/mol. The molecule has 1 fully saturated rings. The molecule has 0 aliphatic carbocycles. The van der Waals surface area contributed by atoms with Crippen LogP contribution in [0.15, 0.2) is 39.9 Å². The lowest BCUT2D eigenvalue weighted by molar-refractivity contribution is -0.123. The Balaban J connectivity index is 2.38. The zero-order valence-electron chi connectivity index (χ0n) is 11.4. The zero-order chi connectivity index (χ0) is 14.8. The predicted octanol–water partition coefficient (Wildman–Crippen LogP) is 3.94. The highest BCUT2D eigenvalue weighted by molar-refractivity contribution is 9.11. The van der Waals surface area contributed by atoms with Gasteiger partial charge >= 0.3 is 0 Å². The van der Waals surface area contributed by atoms with Crippen LogP contribution in [0.1, 0.15) is 12.5 Å². The molecule has 104 valence electrons. The molecule has 6 heteroatoms. The first-order valence-corrected chi connectivity index (χ1v) is 7.13. The van der Waals surface area contributed by atoms with Crippen LogP contribution in [0.5, 0.6) is 0 Å². The van der Waals surface area contributed by atoms with Crippen molar-refractivity contribution in [2.45, 2.75) is 13.8 Å². The largest absolute Gasteiger partial charge is 0.308 e. The molecular formula is C14H15BrN4O. The Morgan fingerprint density at radius 2 is 2.15 bits per heavy atom. The first kappa shape index (κ1) is 14.6. The van der Waals surface area contributed by atoms with Gasteiger partial charge < -0.3 is 4.90 Å². The van der Waals surface area contributed by atoms with Gasteiger partial charge in [0, 0.05) is 23.7 Å². The summed E-state index contributed by atoms with van der Waals surface area (Å²) in [4.78, 5) is 18.9. The Kier molecular flexibility index (Phi) is 4.16. The molecule has 1 saturated heterocycles. The molecule has 0 spiro atoms. The van der Waals surface area contributed by atoms with Gasteiger partial charge in [-0.2, -0.15) is 0 Å². The summed E-state index contributed by atoms with van der Waals surface area (Å²) in [5, 5.41) is 3.59. The molecule has 20 heavy (non-hydrogen) atoms. The van der Waals surface area contributed by atoms with E-state index >= 15 is 0 Å². The smallest absolute Gasteiger partial charge is 0.237 e. The monoisotopic (exact) mass is 334 g/mol. The highest BCUT2D eigenvalue weighted by Gasteiger charge is 2.46. The highest BCUT2D eigenvalue weighted by Crippen LogP contribution is 2.40. The van der Waals surface area contributed by atoms with E-state index in [1.165, 1.54) is 0 Å². The maximum absolute atomic E-state index is 12.7. The van der Waals surface area contributed by atoms with Crippen LogP contribution in [0.2, 0.25) is 0 Å². The van der Waals surface area contributed by atoms with Crippen LogP contribution in [-0.2, 0) is 4.79 Å². The van der Waals surface area contributed by atoms with E-state index < -0.39 is 5.41 Å². The van der Waals surface area contributed by atoms with Crippen molar-refractivity contribution in [3.05, 3.63) is 50.8 Å². The molecule has 1 unspecified atom stereocenters. The van der Waals surface area contributed by atoms with Crippen LogP contribution in [0.25, 0.3) is 10.4 Å². The van der Waals surface area contributed by atoms with Crippen LogP contribution in [0.4, 0.5) is 5.69 Å². The molecule has 5 nitrogen and oxygen atoms in total. The van der Waals surface area contributed by atoms with Gasteiger partial charge in [-0.3, -0.25) is 4.79 Å². The fraction of sp³-hybridized carbons (Fsp3) is 0.357. The number of hydrogen-bond donors (Lipinski definition) is 0. The molecule has 2 rings (SSSR count). The second-order valence-electron chi connectivity index (χ2n) is 5.08. The normalized spacial score (nSPS) is 24.1. The van der Waals surface area contributed by atoms with Gasteiger partial charge in [-0.1, -0.05) is 38.7 Å². The number of benzene rings is 1. The summed E-state index contributed by atoms with van der Waals surface area (Å²) < 4.78 is 0. The van der Waals surface area contributed by atoms with E-state index in [1.54, 1.807) is 9.89 Å². The van der Waals surface area contributed by atoms with E-state index in [-0.39, 0.29) is 12.5 Å². The Morgan fingerprint density at radius 1 is 1.50 bits per heavy atom. The summed E-state index contributed by atoms with van der Waals surface area (Å²) in [6, 6.07) is 7.81. The van der Waals surface area contributed by atoms with Crippen LogP contribution < -0.4 is 4.90 Å². The van der Waals surface area contributed by atoms with Gasteiger partial charge in [0.05, 0.1) is 5.41 Å². The number of halogens is 1. The Hall–Kier alpha value is -1.78. The molecule has 0 N–H and O–H groups in total. The lowest BCUT2D eigenvalue weighted by Crippen LogP contribution is -2.34. The number of anilines is 1. The number of carbonyl (C=O) groups excluding carboxylic acids is 1. The minimum absolute atomic E-state index is 0.0422. The Bertz CT molecular complexity index is 604. The van der Waals surface area contributed by atoms with E-state index in [4.69, 9.17) is 5.53 Å². The van der Waals surface area contributed by atoms with Crippen molar-refractivity contribution in [2.24, 2.45) is 10.5 Å². The number of aryl methyl sites for hydroxylation is 1. The van der Waals surface area contributed by atoms with E-state index in [0.717, 1.165) is 16.8 Å². The lowest BCUT2D eigenvalue weighted by atomic mass is 9.85. The molecule has 0 saturated carbocycles. The molecule has 1 amide bonds. The topological polar surface area (TPSA) is 69.1 Å². The van der Waals surface area contributed by atoms with Crippen LogP contribution in [-0.4, -0.2) is 19.0 Å². The summed E-state index contributed by atoms with van der Waals surface area (Å²) in [5.41, 5.74) is 10.6. The van der Waals surface area contributed by atoms with Gasteiger partial charge in [0.25, 0.3) is 0 Å². The van der Waals surface area contributed by atoms with E-state index in [1.807, 2.05) is 38.1 Å². The maximum atomic E-state index is 12.7. The standard InChI is InChI=1S/C14H15BrN4O/c1-10-3-5-12(6-4-10)19-8-11(7-15)14(2,13(19)20)9-17-18-16/h3-7H,8-9H2,1-2H3. The molecule has 1 aromatic rings. The second-order valence-corrected chi connectivity index (χ2v) is 5.54. The van der Waals surface area contributed by atoms with Crippen LogP contribution in [0, 0.1) is 12.3 Å². The summed E-state index contributed by atoms with van der Waals surface area (Å²) in [5.74, 6) is -0.0422. The van der Waals surface area contributed by atoms with Crippen molar-refractivity contribution >= 4 is 27.5 Å². The summed E-state index contributed by atoms with van der Waals surface area (Å²) >= 11 is 3.31. The summed E-state index contributed by atoms with van der Waals surface area (Å²) in [6.07, 6.45) is 0. The van der Waals surface area contributed by atoms with Crippen molar-refractivity contribution in [3.63, 3.8) is 0 Å². The quantitative estimate of drug-likeness (QED) is 0.469. The van der Waals surface area contributed by atoms with Gasteiger partial charge in [0.2, 0.25) is 5.91 Å². The third kappa shape index (κ3) is 2.44. The highest BCUT2D eigenvalue weighted by atomic mass is 79.9. The van der Waals surface area contributed by atoms with Crippen LogP contribution >= 0.6 is 15.9 Å². The number of azide groups is 1. The van der Waals surface area contributed by atoms with Crippen molar-refractivity contribution in [2.75, 3.05) is 18.0 Å². The molecule has 1 aromatic carbocycles. The van der Waals surface area contributed by atoms with E-state index in [0.29, 0.717) is 6.54 Å². The third-order valence-corrected chi connectivity index (χ3v) is 4.23. The molecule has 0 radical (unpaired) electrons. The first-order valence-electron chi connectivity index (χ1n) is 6.22. The lowest BCUT2D eigenvalue weighted by Gasteiger charge is -2.22. The van der Waals surface area contributed by atoms with Crippen molar-refractivity contribution < 1.29 is 4.79 Å². The number of carbonyl (C=O) groups is 1. The molecule has 0 bridgehead atoms. The second kappa shape index (κ2) is 5.69. The predicted molar refractivity (Wildman–Crippen MR) is 82.7 cm³/mol. The minimum atomic E-state index is -0.777. The SMILES string of the molecule is Cc1ccc(N2CC(=CBr)C(C)(CN=[N+]=[N-])C2=O)cc1. The molecule has 1 aliphatic rings. The van der Waals surface area contributed by atoms with Gasteiger partial charge in [-0.05, 0) is 42.1 Å². The van der Waals surface area contributed by atoms with E-state index in [2.05, 4.69) is 26.0 Å². The van der Waals surface area contributed by atoms with Gasteiger partial charge in [0.15, 0.2) is 0 Å². The van der Waals surface area contributed by atoms with Crippen LogP contribution in [0.3, 0.4) is 0 Å². The van der Waals surface area contributed by atoms with E-state index in [9.17, 15) is 4.79 Å². The molecule has 1 heterocycles. The number of hydrogen-bond acceptors (Lipinski definition) is 2. The third-order valence-electron chi connectivity index (χ3n) is 3.68. The van der Waals surface area contributed by atoms with Gasteiger partial charge in [-0.25, -0.2) is 0 Å².